The third-order valence-electron chi connectivity index (χ3n) is 7.01. The molecule has 0 unspecified atom stereocenters. The second-order valence-electron chi connectivity index (χ2n) is 9.35. The maximum atomic E-state index is 13.2. The maximum absolute atomic E-state index is 13.2. The lowest BCUT2D eigenvalue weighted by Gasteiger charge is -2.38. The molecule has 3 aromatic heterocycles. The molecule has 1 aromatic carbocycles. The lowest BCUT2D eigenvalue weighted by atomic mass is 10.1. The number of nitrogens with zero attached hydrogens (tertiary/aromatic N) is 5. The molecule has 0 amide bonds. The zero-order chi connectivity index (χ0) is 25.7. The quantitative estimate of drug-likeness (QED) is 0.268. The van der Waals surface area contributed by atoms with Gasteiger partial charge in [0.2, 0.25) is 5.95 Å². The Hall–Kier alpha value is -2.88. The second-order valence-corrected chi connectivity index (χ2v) is 10.2. The van der Waals surface area contributed by atoms with Crippen LogP contribution < -0.4 is 4.90 Å². The van der Waals surface area contributed by atoms with E-state index in [9.17, 15) is 13.2 Å². The van der Waals surface area contributed by atoms with Gasteiger partial charge in [0.25, 0.3) is 0 Å². The van der Waals surface area contributed by atoms with Crippen LogP contribution in [0.1, 0.15) is 30.4 Å². The van der Waals surface area contributed by atoms with E-state index in [1.54, 1.807) is 18.3 Å². The molecule has 37 heavy (non-hydrogen) atoms. The van der Waals surface area contributed by atoms with Gasteiger partial charge in [0, 0.05) is 30.6 Å². The molecule has 0 N–H and O–H groups in total. The molecular formula is C26H22Cl2F3N5O. The SMILES string of the molecule is FC(F)(F)c1ccc(Cn2c(N3CCO[C@@H]4CCC[C@H]43)nc3cc(Cl)nc(-c4cncc(Cl)c4)c32)cc1. The highest BCUT2D eigenvalue weighted by molar-refractivity contribution is 6.31. The predicted octanol–water partition coefficient (Wildman–Crippen LogP) is 6.62. The summed E-state index contributed by atoms with van der Waals surface area (Å²) in [6, 6.07) is 8.85. The Bertz CT molecular complexity index is 1460. The van der Waals surface area contributed by atoms with Crippen molar-refractivity contribution in [1.82, 2.24) is 19.5 Å². The van der Waals surface area contributed by atoms with Crippen LogP contribution in [0.5, 0.6) is 0 Å². The van der Waals surface area contributed by atoms with Crippen LogP contribution in [-0.2, 0) is 17.5 Å². The summed E-state index contributed by atoms with van der Waals surface area (Å²) in [4.78, 5) is 16.1. The van der Waals surface area contributed by atoms with Gasteiger partial charge in [-0.15, -0.1) is 0 Å². The molecule has 4 aromatic rings. The molecule has 6 nitrogen and oxygen atoms in total. The van der Waals surface area contributed by atoms with Crippen LogP contribution in [-0.4, -0.2) is 44.8 Å². The van der Waals surface area contributed by atoms with E-state index >= 15 is 0 Å². The number of ether oxygens (including phenoxy) is 1. The van der Waals surface area contributed by atoms with Crippen LogP contribution in [0.3, 0.4) is 0 Å². The molecule has 2 atom stereocenters. The van der Waals surface area contributed by atoms with Crippen LogP contribution in [0.4, 0.5) is 19.1 Å². The predicted molar refractivity (Wildman–Crippen MR) is 136 cm³/mol. The fourth-order valence-corrected chi connectivity index (χ4v) is 5.74. The van der Waals surface area contributed by atoms with E-state index in [1.165, 1.54) is 18.3 Å². The van der Waals surface area contributed by atoms with Crippen molar-refractivity contribution >= 4 is 40.2 Å². The maximum Gasteiger partial charge on any atom is 0.416 e. The minimum Gasteiger partial charge on any atom is -0.374 e. The van der Waals surface area contributed by atoms with E-state index in [4.69, 9.17) is 32.9 Å². The fourth-order valence-electron chi connectivity index (χ4n) is 5.38. The van der Waals surface area contributed by atoms with E-state index in [-0.39, 0.29) is 17.3 Å². The first-order valence-electron chi connectivity index (χ1n) is 12.0. The Morgan fingerprint density at radius 3 is 2.59 bits per heavy atom. The molecule has 2 aliphatic rings. The van der Waals surface area contributed by atoms with Crippen LogP contribution >= 0.6 is 23.2 Å². The third kappa shape index (κ3) is 4.64. The van der Waals surface area contributed by atoms with Crippen LogP contribution in [0.25, 0.3) is 22.3 Å². The van der Waals surface area contributed by atoms with Gasteiger partial charge in [-0.1, -0.05) is 35.3 Å². The molecular weight excluding hydrogens is 526 g/mol. The first-order chi connectivity index (χ1) is 17.8. The monoisotopic (exact) mass is 547 g/mol. The summed E-state index contributed by atoms with van der Waals surface area (Å²) < 4.78 is 47.6. The van der Waals surface area contributed by atoms with Crippen molar-refractivity contribution in [1.29, 1.82) is 0 Å². The summed E-state index contributed by atoms with van der Waals surface area (Å²) in [5.74, 6) is 0.718. The number of hydrogen-bond donors (Lipinski definition) is 0. The number of benzene rings is 1. The molecule has 6 rings (SSSR count). The Labute approximate surface area is 221 Å². The summed E-state index contributed by atoms with van der Waals surface area (Å²) in [5.41, 5.74) is 2.59. The summed E-state index contributed by atoms with van der Waals surface area (Å²) in [6.07, 6.45) is 1.96. The Morgan fingerprint density at radius 2 is 1.84 bits per heavy atom. The van der Waals surface area contributed by atoms with E-state index in [2.05, 4.69) is 14.9 Å². The van der Waals surface area contributed by atoms with Gasteiger partial charge in [-0.25, -0.2) is 9.97 Å². The molecule has 11 heteroatoms. The highest BCUT2D eigenvalue weighted by Gasteiger charge is 2.38. The number of halogens is 5. The number of hydrogen-bond acceptors (Lipinski definition) is 5. The number of morpholine rings is 1. The summed E-state index contributed by atoms with van der Waals surface area (Å²) in [7, 11) is 0. The van der Waals surface area contributed by atoms with Gasteiger partial charge >= 0.3 is 6.18 Å². The summed E-state index contributed by atoms with van der Waals surface area (Å²) in [6.45, 7) is 1.53. The van der Waals surface area contributed by atoms with Gasteiger partial charge in [-0.05, 0) is 43.0 Å². The lowest BCUT2D eigenvalue weighted by molar-refractivity contribution is -0.137. The fraction of sp³-hybridized carbons (Fsp3) is 0.346. The van der Waals surface area contributed by atoms with E-state index in [0.29, 0.717) is 52.6 Å². The van der Waals surface area contributed by atoms with Gasteiger partial charge in [-0.2, -0.15) is 13.2 Å². The smallest absolute Gasteiger partial charge is 0.374 e. The molecule has 192 valence electrons. The Morgan fingerprint density at radius 1 is 1.03 bits per heavy atom. The number of aromatic nitrogens is 4. The minimum absolute atomic E-state index is 0.131. The Kier molecular flexibility index (Phi) is 6.25. The normalized spacial score (nSPS) is 20.0. The van der Waals surface area contributed by atoms with Crippen molar-refractivity contribution in [2.45, 2.75) is 44.1 Å². The molecule has 2 fully saturated rings. The largest absolute Gasteiger partial charge is 0.416 e. The second kappa shape index (κ2) is 9.45. The summed E-state index contributed by atoms with van der Waals surface area (Å²) >= 11 is 12.7. The van der Waals surface area contributed by atoms with E-state index in [0.717, 1.165) is 37.3 Å². The number of imidazole rings is 1. The van der Waals surface area contributed by atoms with Gasteiger partial charge in [0.15, 0.2) is 0 Å². The van der Waals surface area contributed by atoms with Crippen molar-refractivity contribution < 1.29 is 17.9 Å². The highest BCUT2D eigenvalue weighted by Crippen LogP contribution is 2.38. The first kappa shape index (κ1) is 24.5. The number of fused-ring (bicyclic) bond motifs is 2. The van der Waals surface area contributed by atoms with Gasteiger partial charge in [0.05, 0.1) is 52.6 Å². The molecule has 1 aliphatic heterocycles. The van der Waals surface area contributed by atoms with Crippen molar-refractivity contribution in [3.63, 3.8) is 0 Å². The molecule has 0 radical (unpaired) electrons. The van der Waals surface area contributed by atoms with E-state index in [1.807, 2.05) is 4.57 Å². The average molecular weight is 548 g/mol. The molecule has 4 heterocycles. The van der Waals surface area contributed by atoms with Crippen molar-refractivity contribution in [2.75, 3.05) is 18.1 Å². The first-order valence-corrected chi connectivity index (χ1v) is 12.8. The molecule has 1 saturated carbocycles. The van der Waals surface area contributed by atoms with Crippen LogP contribution in [0.2, 0.25) is 10.2 Å². The molecule has 1 aliphatic carbocycles. The van der Waals surface area contributed by atoms with Crippen molar-refractivity contribution in [3.8, 4) is 11.3 Å². The number of pyridine rings is 2. The zero-order valence-electron chi connectivity index (χ0n) is 19.6. The minimum atomic E-state index is -4.40. The standard InChI is InChI=1S/C26H22Cl2F3N5O/c27-18-10-16(12-32-13-18)23-24-19(11-22(28)34-23)33-25(35-8-9-37-21-3-1-2-20(21)35)36(24)14-15-4-6-17(7-5-15)26(29,30)31/h4-7,10-13,20-21H,1-3,8-9,14H2/t20-,21-/m1/s1. The Balaban J connectivity index is 1.53. The van der Waals surface area contributed by atoms with Crippen molar-refractivity contribution in [2.24, 2.45) is 0 Å². The highest BCUT2D eigenvalue weighted by atomic mass is 35.5. The van der Waals surface area contributed by atoms with Gasteiger partial charge < -0.3 is 14.2 Å². The molecule has 0 spiro atoms. The van der Waals surface area contributed by atoms with Crippen LogP contribution in [0, 0.1) is 0 Å². The number of anilines is 1. The van der Waals surface area contributed by atoms with Gasteiger partial charge in [0.1, 0.15) is 5.15 Å². The van der Waals surface area contributed by atoms with Gasteiger partial charge in [-0.3, -0.25) is 4.98 Å². The zero-order valence-corrected chi connectivity index (χ0v) is 21.1. The number of alkyl halides is 3. The third-order valence-corrected chi connectivity index (χ3v) is 7.41. The molecule has 1 saturated heterocycles. The summed E-state index contributed by atoms with van der Waals surface area (Å²) in [5, 5.41) is 0.720. The molecule has 0 bridgehead atoms. The topological polar surface area (TPSA) is 56.1 Å². The lowest BCUT2D eigenvalue weighted by Crippen LogP contribution is -2.49. The van der Waals surface area contributed by atoms with Crippen molar-refractivity contribution in [3.05, 3.63) is 70.1 Å². The number of rotatable bonds is 4. The average Bonchev–Trinajstić information content (AvgIpc) is 3.48. The van der Waals surface area contributed by atoms with E-state index < -0.39 is 11.7 Å². The van der Waals surface area contributed by atoms with Crippen LogP contribution in [0.15, 0.2) is 48.8 Å².